The van der Waals surface area contributed by atoms with Crippen molar-refractivity contribution in [3.63, 3.8) is 0 Å². The molecular formula is C19H21N3. The standard InChI is InChI=1S/C19H21N3/c1-12-9-14(3)18(10-13(12)2)22-15(4)21(6)17-8-7-16(20-5)11-19(17)22/h7-11,15H,1-4,6H3/t15-/m0/s1. The molecule has 0 aromatic heterocycles. The predicted octanol–water partition coefficient (Wildman–Crippen LogP) is 5.10. The molecule has 0 spiro atoms. The normalized spacial score (nSPS) is 16.6. The van der Waals surface area contributed by atoms with Crippen LogP contribution >= 0.6 is 0 Å². The summed E-state index contributed by atoms with van der Waals surface area (Å²) in [6.07, 6.45) is 0.233. The summed E-state index contributed by atoms with van der Waals surface area (Å²) in [5.41, 5.74) is 8.09. The quantitative estimate of drug-likeness (QED) is 0.677. The lowest BCUT2D eigenvalue weighted by Crippen LogP contribution is -2.36. The van der Waals surface area contributed by atoms with Gasteiger partial charge in [-0.1, -0.05) is 12.1 Å². The first-order valence-electron chi connectivity index (χ1n) is 7.55. The van der Waals surface area contributed by atoms with E-state index in [1.165, 1.54) is 28.1 Å². The summed E-state index contributed by atoms with van der Waals surface area (Å²) in [6, 6.07) is 10.4. The van der Waals surface area contributed by atoms with Crippen LogP contribution in [0.3, 0.4) is 0 Å². The predicted molar refractivity (Wildman–Crippen MR) is 93.4 cm³/mol. The molecule has 0 aliphatic carbocycles. The summed E-state index contributed by atoms with van der Waals surface area (Å²) in [6.45, 7) is 15.9. The Morgan fingerprint density at radius 2 is 1.59 bits per heavy atom. The minimum absolute atomic E-state index is 0.233. The first-order valence-corrected chi connectivity index (χ1v) is 7.55. The summed E-state index contributed by atoms with van der Waals surface area (Å²) in [7, 11) is 2.11. The fourth-order valence-corrected chi connectivity index (χ4v) is 3.18. The molecule has 3 nitrogen and oxygen atoms in total. The zero-order chi connectivity index (χ0) is 16.0. The van der Waals surface area contributed by atoms with Gasteiger partial charge in [0.05, 0.1) is 17.9 Å². The molecule has 0 radical (unpaired) electrons. The number of rotatable bonds is 1. The van der Waals surface area contributed by atoms with Gasteiger partial charge in [-0.2, -0.15) is 0 Å². The zero-order valence-electron chi connectivity index (χ0n) is 13.8. The van der Waals surface area contributed by atoms with Gasteiger partial charge in [-0.15, -0.1) is 0 Å². The molecule has 3 heteroatoms. The highest BCUT2D eigenvalue weighted by molar-refractivity contribution is 5.87. The lowest BCUT2D eigenvalue weighted by Gasteiger charge is -2.29. The first-order chi connectivity index (χ1) is 10.4. The van der Waals surface area contributed by atoms with Crippen LogP contribution in [0.1, 0.15) is 23.6 Å². The van der Waals surface area contributed by atoms with Gasteiger partial charge >= 0.3 is 0 Å². The molecule has 0 amide bonds. The fraction of sp³-hybridized carbons (Fsp3) is 0.316. The van der Waals surface area contributed by atoms with Gasteiger partial charge in [0, 0.05) is 12.7 Å². The van der Waals surface area contributed by atoms with Crippen molar-refractivity contribution in [2.45, 2.75) is 33.9 Å². The van der Waals surface area contributed by atoms with Crippen LogP contribution in [0.5, 0.6) is 0 Å². The van der Waals surface area contributed by atoms with Gasteiger partial charge in [0.2, 0.25) is 0 Å². The molecule has 1 atom stereocenters. The van der Waals surface area contributed by atoms with Crippen molar-refractivity contribution in [2.75, 3.05) is 16.8 Å². The van der Waals surface area contributed by atoms with Gasteiger partial charge in [-0.05, 0) is 62.6 Å². The second-order valence-corrected chi connectivity index (χ2v) is 6.12. The number of hydrogen-bond donors (Lipinski definition) is 0. The Balaban J connectivity index is 2.21. The Bertz CT molecular complexity index is 786. The van der Waals surface area contributed by atoms with E-state index in [4.69, 9.17) is 6.57 Å². The monoisotopic (exact) mass is 291 g/mol. The SMILES string of the molecule is [C-]#[N+]c1ccc2c(c1)N(c1cc(C)c(C)cc1C)[C@@H](C)N2C. The van der Waals surface area contributed by atoms with Crippen molar-refractivity contribution in [3.05, 3.63) is 58.4 Å². The molecule has 3 rings (SSSR count). The minimum Gasteiger partial charge on any atom is -0.353 e. The third kappa shape index (κ3) is 2.03. The molecule has 0 bridgehead atoms. The van der Waals surface area contributed by atoms with E-state index < -0.39 is 0 Å². The van der Waals surface area contributed by atoms with Crippen LogP contribution in [0.15, 0.2) is 30.3 Å². The van der Waals surface area contributed by atoms with E-state index in [0.717, 1.165) is 5.69 Å². The van der Waals surface area contributed by atoms with Crippen LogP contribution in [-0.2, 0) is 0 Å². The molecule has 2 aromatic carbocycles. The minimum atomic E-state index is 0.233. The average molecular weight is 291 g/mol. The number of benzene rings is 2. The summed E-state index contributed by atoms with van der Waals surface area (Å²) in [5.74, 6) is 0. The fourth-order valence-electron chi connectivity index (χ4n) is 3.18. The number of nitrogens with zero attached hydrogens (tertiary/aromatic N) is 3. The van der Waals surface area contributed by atoms with Crippen molar-refractivity contribution in [1.82, 2.24) is 0 Å². The van der Waals surface area contributed by atoms with Crippen molar-refractivity contribution in [1.29, 1.82) is 0 Å². The molecule has 0 fully saturated rings. The molecule has 22 heavy (non-hydrogen) atoms. The van der Waals surface area contributed by atoms with Crippen LogP contribution in [0, 0.1) is 27.3 Å². The lowest BCUT2D eigenvalue weighted by atomic mass is 10.0. The highest BCUT2D eigenvalue weighted by atomic mass is 15.4. The summed E-state index contributed by atoms with van der Waals surface area (Å²) < 4.78 is 0. The molecule has 2 aromatic rings. The molecular weight excluding hydrogens is 270 g/mol. The highest BCUT2D eigenvalue weighted by Crippen LogP contribution is 2.46. The maximum Gasteiger partial charge on any atom is 0.189 e. The second kappa shape index (κ2) is 5.06. The topological polar surface area (TPSA) is 10.8 Å². The number of fused-ring (bicyclic) bond motifs is 1. The third-order valence-corrected chi connectivity index (χ3v) is 4.73. The van der Waals surface area contributed by atoms with Gasteiger partial charge in [0.1, 0.15) is 6.17 Å². The van der Waals surface area contributed by atoms with Crippen LogP contribution in [0.25, 0.3) is 4.85 Å². The van der Waals surface area contributed by atoms with E-state index in [0.29, 0.717) is 5.69 Å². The highest BCUT2D eigenvalue weighted by Gasteiger charge is 2.32. The molecule has 0 N–H and O–H groups in total. The molecule has 1 heterocycles. The van der Waals surface area contributed by atoms with Crippen LogP contribution in [0.4, 0.5) is 22.7 Å². The smallest absolute Gasteiger partial charge is 0.189 e. The molecule has 0 unspecified atom stereocenters. The van der Waals surface area contributed by atoms with Gasteiger partial charge in [0.15, 0.2) is 5.69 Å². The van der Waals surface area contributed by atoms with Crippen molar-refractivity contribution < 1.29 is 0 Å². The van der Waals surface area contributed by atoms with Gasteiger partial charge in [-0.25, -0.2) is 4.85 Å². The van der Waals surface area contributed by atoms with E-state index in [1.807, 2.05) is 12.1 Å². The Kier molecular flexibility index (Phi) is 3.33. The van der Waals surface area contributed by atoms with Crippen molar-refractivity contribution in [3.8, 4) is 0 Å². The summed E-state index contributed by atoms with van der Waals surface area (Å²) >= 11 is 0. The van der Waals surface area contributed by atoms with E-state index in [1.54, 1.807) is 0 Å². The van der Waals surface area contributed by atoms with Crippen LogP contribution < -0.4 is 9.80 Å². The maximum atomic E-state index is 7.27. The molecule has 0 saturated heterocycles. The van der Waals surface area contributed by atoms with Gasteiger partial charge < -0.3 is 9.80 Å². The van der Waals surface area contributed by atoms with E-state index in [9.17, 15) is 0 Å². The Labute approximate surface area is 132 Å². The maximum absolute atomic E-state index is 7.27. The van der Waals surface area contributed by atoms with Gasteiger partial charge in [0.25, 0.3) is 0 Å². The van der Waals surface area contributed by atoms with E-state index in [-0.39, 0.29) is 6.17 Å². The van der Waals surface area contributed by atoms with Crippen LogP contribution in [-0.4, -0.2) is 13.2 Å². The molecule has 1 aliphatic rings. The molecule has 1 aliphatic heterocycles. The van der Waals surface area contributed by atoms with Crippen molar-refractivity contribution >= 4 is 22.7 Å². The summed E-state index contributed by atoms with van der Waals surface area (Å²) in [5, 5.41) is 0. The summed E-state index contributed by atoms with van der Waals surface area (Å²) in [4.78, 5) is 8.19. The number of aryl methyl sites for hydroxylation is 3. The Morgan fingerprint density at radius 1 is 0.909 bits per heavy atom. The second-order valence-electron chi connectivity index (χ2n) is 6.12. The third-order valence-electron chi connectivity index (χ3n) is 4.73. The molecule has 0 saturated carbocycles. The lowest BCUT2D eigenvalue weighted by molar-refractivity contribution is 0.732. The molecule has 112 valence electrons. The Morgan fingerprint density at radius 3 is 2.27 bits per heavy atom. The average Bonchev–Trinajstić information content (AvgIpc) is 2.74. The zero-order valence-corrected chi connectivity index (χ0v) is 13.8. The first kappa shape index (κ1) is 14.5. The van der Waals surface area contributed by atoms with E-state index in [2.05, 4.69) is 67.6 Å². The van der Waals surface area contributed by atoms with Crippen molar-refractivity contribution in [2.24, 2.45) is 0 Å². The van der Waals surface area contributed by atoms with Gasteiger partial charge in [-0.3, -0.25) is 0 Å². The number of hydrogen-bond acceptors (Lipinski definition) is 2. The number of anilines is 3. The van der Waals surface area contributed by atoms with Crippen LogP contribution in [0.2, 0.25) is 0 Å². The van der Waals surface area contributed by atoms with E-state index >= 15 is 0 Å². The largest absolute Gasteiger partial charge is 0.353 e. The Hall–Kier alpha value is -2.47.